The van der Waals surface area contributed by atoms with Crippen molar-refractivity contribution in [3.05, 3.63) is 59.4 Å². The second-order valence-electron chi connectivity index (χ2n) is 4.89. The molecule has 0 saturated heterocycles. The topological polar surface area (TPSA) is 37.0 Å². The molecule has 0 amide bonds. The number of hydrogen-bond donors (Lipinski definition) is 2. The van der Waals surface area contributed by atoms with Crippen LogP contribution >= 0.6 is 12.2 Å². The molecule has 2 N–H and O–H groups in total. The Labute approximate surface area is 125 Å². The molecule has 3 nitrogen and oxygen atoms in total. The van der Waals surface area contributed by atoms with Crippen LogP contribution in [0.4, 0.5) is 5.69 Å². The summed E-state index contributed by atoms with van der Waals surface area (Å²) in [7, 11) is 0. The van der Waals surface area contributed by atoms with Gasteiger partial charge in [-0.25, -0.2) is 0 Å². The van der Waals surface area contributed by atoms with Crippen molar-refractivity contribution in [3.63, 3.8) is 0 Å². The first kappa shape index (κ1) is 14.5. The van der Waals surface area contributed by atoms with Gasteiger partial charge in [-0.2, -0.15) is 0 Å². The van der Waals surface area contributed by atoms with Gasteiger partial charge in [0.2, 0.25) is 0 Å². The zero-order valence-electron chi connectivity index (χ0n) is 12.0. The molecule has 0 aliphatic heterocycles. The lowest BCUT2D eigenvalue weighted by Crippen LogP contribution is -2.31. The quantitative estimate of drug-likeness (QED) is 0.842. The minimum Gasteiger partial charge on any atom is -0.354 e. The Bertz CT molecular complexity index is 596. The lowest BCUT2D eigenvalue weighted by molar-refractivity contribution is 0.696. The molecule has 2 rings (SSSR count). The lowest BCUT2D eigenvalue weighted by Gasteiger charge is -2.17. The Morgan fingerprint density at radius 2 is 2.00 bits per heavy atom. The third-order valence-corrected chi connectivity index (χ3v) is 3.34. The van der Waals surface area contributed by atoms with Gasteiger partial charge in [-0.05, 0) is 62.3 Å². The molecule has 0 spiro atoms. The van der Waals surface area contributed by atoms with E-state index >= 15 is 0 Å². The number of aryl methyl sites for hydroxylation is 2. The van der Waals surface area contributed by atoms with Gasteiger partial charge in [0.25, 0.3) is 0 Å². The number of pyridine rings is 1. The molecule has 1 aromatic carbocycles. The van der Waals surface area contributed by atoms with E-state index in [-0.39, 0.29) is 6.04 Å². The Morgan fingerprint density at radius 1 is 1.20 bits per heavy atom. The summed E-state index contributed by atoms with van der Waals surface area (Å²) in [5, 5.41) is 7.10. The second kappa shape index (κ2) is 6.48. The normalized spacial score (nSPS) is 11.8. The molecule has 0 bridgehead atoms. The highest BCUT2D eigenvalue weighted by molar-refractivity contribution is 7.80. The monoisotopic (exact) mass is 285 g/mol. The van der Waals surface area contributed by atoms with Crippen LogP contribution in [0.15, 0.2) is 42.6 Å². The molecule has 0 aliphatic rings. The molecule has 0 saturated carbocycles. The molecule has 0 fully saturated rings. The summed E-state index contributed by atoms with van der Waals surface area (Å²) in [6, 6.07) is 12.2. The summed E-state index contributed by atoms with van der Waals surface area (Å²) < 4.78 is 0. The minimum atomic E-state index is 0.0707. The molecule has 104 valence electrons. The van der Waals surface area contributed by atoms with E-state index in [1.165, 1.54) is 11.1 Å². The van der Waals surface area contributed by atoms with Gasteiger partial charge in [-0.1, -0.05) is 18.2 Å². The summed E-state index contributed by atoms with van der Waals surface area (Å²) in [4.78, 5) is 4.32. The van der Waals surface area contributed by atoms with Crippen molar-refractivity contribution < 1.29 is 0 Å². The molecule has 1 atom stereocenters. The number of benzene rings is 1. The zero-order chi connectivity index (χ0) is 14.5. The van der Waals surface area contributed by atoms with Crippen molar-refractivity contribution in [1.82, 2.24) is 10.3 Å². The van der Waals surface area contributed by atoms with Crippen molar-refractivity contribution in [2.24, 2.45) is 0 Å². The third-order valence-electron chi connectivity index (χ3n) is 3.12. The lowest BCUT2D eigenvalue weighted by atomic mass is 10.1. The van der Waals surface area contributed by atoms with Crippen LogP contribution in [-0.4, -0.2) is 10.1 Å². The highest BCUT2D eigenvalue weighted by atomic mass is 32.1. The summed E-state index contributed by atoms with van der Waals surface area (Å²) in [5.41, 5.74) is 4.39. The van der Waals surface area contributed by atoms with Crippen LogP contribution in [0, 0.1) is 13.8 Å². The van der Waals surface area contributed by atoms with Gasteiger partial charge in [-0.3, -0.25) is 4.98 Å². The summed E-state index contributed by atoms with van der Waals surface area (Å²) in [5.74, 6) is 0. The Balaban J connectivity index is 2.01. The van der Waals surface area contributed by atoms with E-state index < -0.39 is 0 Å². The van der Waals surface area contributed by atoms with Crippen molar-refractivity contribution in [1.29, 1.82) is 0 Å². The molecule has 1 heterocycles. The molecule has 2 aromatic rings. The molecule has 4 heteroatoms. The maximum Gasteiger partial charge on any atom is 0.171 e. The summed E-state index contributed by atoms with van der Waals surface area (Å²) in [6.07, 6.45) is 1.79. The number of anilines is 1. The van der Waals surface area contributed by atoms with E-state index in [1.807, 2.05) is 25.1 Å². The number of nitrogens with one attached hydrogen (secondary N) is 2. The van der Waals surface area contributed by atoms with Gasteiger partial charge in [0.15, 0.2) is 5.11 Å². The molecular formula is C16H19N3S. The molecule has 0 unspecified atom stereocenters. The SMILES string of the molecule is Cc1ccc(C)c(NC(=S)N[C@H](C)c2ccccn2)c1. The number of aromatic nitrogens is 1. The fourth-order valence-electron chi connectivity index (χ4n) is 1.93. The smallest absolute Gasteiger partial charge is 0.171 e. The van der Waals surface area contributed by atoms with Gasteiger partial charge in [0, 0.05) is 11.9 Å². The van der Waals surface area contributed by atoms with Crippen LogP contribution in [0.1, 0.15) is 29.8 Å². The standard InChI is InChI=1S/C16H19N3S/c1-11-7-8-12(2)15(10-11)19-16(20)18-13(3)14-6-4-5-9-17-14/h4-10,13H,1-3H3,(H2,18,19,20)/t13-/m1/s1. The van der Waals surface area contributed by atoms with E-state index in [0.717, 1.165) is 11.4 Å². The van der Waals surface area contributed by atoms with Crippen LogP contribution in [0.2, 0.25) is 0 Å². The summed E-state index contributed by atoms with van der Waals surface area (Å²) in [6.45, 7) is 6.17. The van der Waals surface area contributed by atoms with Crippen LogP contribution in [-0.2, 0) is 0 Å². The van der Waals surface area contributed by atoms with Gasteiger partial charge in [0.1, 0.15) is 0 Å². The van der Waals surface area contributed by atoms with Gasteiger partial charge >= 0.3 is 0 Å². The van der Waals surface area contributed by atoms with Crippen molar-refractivity contribution in [2.75, 3.05) is 5.32 Å². The molecule has 20 heavy (non-hydrogen) atoms. The Hall–Kier alpha value is -1.94. The maximum absolute atomic E-state index is 5.37. The predicted octanol–water partition coefficient (Wildman–Crippen LogP) is 3.75. The molecular weight excluding hydrogens is 266 g/mol. The second-order valence-corrected chi connectivity index (χ2v) is 5.30. The first-order chi connectivity index (χ1) is 9.56. The number of hydrogen-bond acceptors (Lipinski definition) is 2. The number of nitrogens with zero attached hydrogens (tertiary/aromatic N) is 1. The zero-order valence-corrected chi connectivity index (χ0v) is 12.8. The molecule has 1 aromatic heterocycles. The van der Waals surface area contributed by atoms with E-state index in [0.29, 0.717) is 5.11 Å². The van der Waals surface area contributed by atoms with E-state index in [9.17, 15) is 0 Å². The maximum atomic E-state index is 5.37. The summed E-state index contributed by atoms with van der Waals surface area (Å²) >= 11 is 5.37. The highest BCUT2D eigenvalue weighted by Crippen LogP contribution is 2.16. The molecule has 0 radical (unpaired) electrons. The van der Waals surface area contributed by atoms with E-state index in [2.05, 4.69) is 47.7 Å². The predicted molar refractivity (Wildman–Crippen MR) is 87.9 cm³/mol. The first-order valence-corrected chi connectivity index (χ1v) is 7.03. The molecule has 0 aliphatic carbocycles. The Morgan fingerprint density at radius 3 is 2.70 bits per heavy atom. The van der Waals surface area contributed by atoms with Crippen LogP contribution in [0.25, 0.3) is 0 Å². The minimum absolute atomic E-state index is 0.0707. The van der Waals surface area contributed by atoms with Gasteiger partial charge in [-0.15, -0.1) is 0 Å². The van der Waals surface area contributed by atoms with Crippen LogP contribution < -0.4 is 10.6 Å². The average molecular weight is 285 g/mol. The van der Waals surface area contributed by atoms with E-state index in [4.69, 9.17) is 12.2 Å². The number of rotatable bonds is 3. The van der Waals surface area contributed by atoms with E-state index in [1.54, 1.807) is 6.20 Å². The third kappa shape index (κ3) is 3.78. The van der Waals surface area contributed by atoms with Crippen LogP contribution in [0.5, 0.6) is 0 Å². The highest BCUT2D eigenvalue weighted by Gasteiger charge is 2.08. The first-order valence-electron chi connectivity index (χ1n) is 6.62. The van der Waals surface area contributed by atoms with Crippen molar-refractivity contribution in [3.8, 4) is 0 Å². The van der Waals surface area contributed by atoms with Gasteiger partial charge < -0.3 is 10.6 Å². The fourth-order valence-corrected chi connectivity index (χ4v) is 2.22. The van der Waals surface area contributed by atoms with Crippen molar-refractivity contribution >= 4 is 23.0 Å². The Kier molecular flexibility index (Phi) is 4.69. The average Bonchev–Trinajstić information content (AvgIpc) is 2.43. The van der Waals surface area contributed by atoms with Crippen molar-refractivity contribution in [2.45, 2.75) is 26.8 Å². The van der Waals surface area contributed by atoms with Gasteiger partial charge in [0.05, 0.1) is 11.7 Å². The fraction of sp³-hybridized carbons (Fsp3) is 0.250. The largest absolute Gasteiger partial charge is 0.354 e. The number of thiocarbonyl (C=S) groups is 1. The van der Waals surface area contributed by atoms with Crippen LogP contribution in [0.3, 0.4) is 0 Å².